The van der Waals surface area contributed by atoms with Crippen LogP contribution in [-0.2, 0) is 15.0 Å². The number of methoxy groups -OCH3 is 1. The fourth-order valence-electron chi connectivity index (χ4n) is 10.8. The Morgan fingerprint density at radius 3 is 2.60 bits per heavy atom. The van der Waals surface area contributed by atoms with E-state index in [0.717, 1.165) is 68.9 Å². The van der Waals surface area contributed by atoms with Gasteiger partial charge in [-0.05, 0) is 136 Å². The third kappa shape index (κ3) is 5.86. The molecular formula is C38H57N3O4. The van der Waals surface area contributed by atoms with Crippen LogP contribution in [0.15, 0.2) is 41.1 Å². The minimum atomic E-state index is -0.122. The van der Waals surface area contributed by atoms with Crippen molar-refractivity contribution in [1.29, 1.82) is 0 Å². The second kappa shape index (κ2) is 12.7. The van der Waals surface area contributed by atoms with E-state index in [4.69, 9.17) is 9.57 Å². The number of aliphatic hydroxyl groups excluding tert-OH is 1. The molecule has 1 saturated heterocycles. The molecule has 45 heavy (non-hydrogen) atoms. The van der Waals surface area contributed by atoms with E-state index >= 15 is 0 Å². The molecule has 248 valence electrons. The summed E-state index contributed by atoms with van der Waals surface area (Å²) in [6.45, 7) is 11.1. The second-order valence-corrected chi connectivity index (χ2v) is 15.9. The van der Waals surface area contributed by atoms with Crippen molar-refractivity contribution in [2.24, 2.45) is 39.7 Å². The molecule has 0 aromatic heterocycles. The highest BCUT2D eigenvalue weighted by molar-refractivity contribution is 5.96. The van der Waals surface area contributed by atoms with Crippen molar-refractivity contribution in [3.8, 4) is 5.75 Å². The summed E-state index contributed by atoms with van der Waals surface area (Å²) in [5.41, 5.74) is 4.14. The summed E-state index contributed by atoms with van der Waals surface area (Å²) >= 11 is 0. The van der Waals surface area contributed by atoms with E-state index in [1.807, 2.05) is 0 Å². The predicted molar refractivity (Wildman–Crippen MR) is 179 cm³/mol. The molecule has 7 nitrogen and oxygen atoms in total. The van der Waals surface area contributed by atoms with E-state index < -0.39 is 0 Å². The number of carbonyl (C=O) groups is 1. The van der Waals surface area contributed by atoms with Gasteiger partial charge in [-0.15, -0.1) is 0 Å². The molecule has 0 unspecified atom stereocenters. The number of rotatable bonds is 8. The fourth-order valence-corrected chi connectivity index (χ4v) is 10.8. The number of benzene rings is 1. The van der Waals surface area contributed by atoms with E-state index in [-0.39, 0.29) is 34.9 Å². The molecule has 1 aliphatic heterocycles. The minimum absolute atomic E-state index is 0.0129. The van der Waals surface area contributed by atoms with Gasteiger partial charge in [-0.1, -0.05) is 43.6 Å². The molecular weight excluding hydrogens is 562 g/mol. The zero-order valence-corrected chi connectivity index (χ0v) is 28.6. The first-order valence-electron chi connectivity index (χ1n) is 17.7. The van der Waals surface area contributed by atoms with Gasteiger partial charge in [0.05, 0.1) is 18.9 Å². The molecule has 1 heterocycles. The topological polar surface area (TPSA) is 83.4 Å². The molecule has 4 aliphatic carbocycles. The Hall–Kier alpha value is -2.38. The van der Waals surface area contributed by atoms with E-state index in [2.05, 4.69) is 80.5 Å². The largest absolute Gasteiger partial charge is 0.497 e. The molecule has 3 saturated carbocycles. The summed E-state index contributed by atoms with van der Waals surface area (Å²) in [5.74, 6) is 3.30. The molecule has 0 radical (unpaired) electrons. The van der Waals surface area contributed by atoms with Crippen molar-refractivity contribution >= 4 is 11.6 Å². The SMILES string of the molecule is COc1ccc([C@@]2(CCNC(=O)CON=C3C=C4CC[C@@H]5[C@@H](CC[C@@]6(C)[C@H](O)CC[C@@H]56)[C@]4(C)CC3)C[C@@H](C)N(C)C[C@H]2C)cc1. The predicted octanol–water partition coefficient (Wildman–Crippen LogP) is 6.50. The van der Waals surface area contributed by atoms with Crippen LogP contribution in [0.5, 0.6) is 5.75 Å². The van der Waals surface area contributed by atoms with Crippen molar-refractivity contribution in [2.45, 2.75) is 109 Å². The zero-order valence-electron chi connectivity index (χ0n) is 28.6. The van der Waals surface area contributed by atoms with Gasteiger partial charge in [-0.3, -0.25) is 4.79 Å². The lowest BCUT2D eigenvalue weighted by atomic mass is 9.47. The van der Waals surface area contributed by atoms with Crippen LogP contribution < -0.4 is 10.1 Å². The lowest BCUT2D eigenvalue weighted by Gasteiger charge is -2.57. The van der Waals surface area contributed by atoms with Gasteiger partial charge in [0.2, 0.25) is 0 Å². The van der Waals surface area contributed by atoms with E-state index in [9.17, 15) is 9.90 Å². The first-order valence-corrected chi connectivity index (χ1v) is 17.7. The van der Waals surface area contributed by atoms with Gasteiger partial charge in [-0.25, -0.2) is 0 Å². The maximum atomic E-state index is 12.9. The molecule has 0 bridgehead atoms. The van der Waals surface area contributed by atoms with Gasteiger partial charge in [0.25, 0.3) is 5.91 Å². The maximum Gasteiger partial charge on any atom is 0.260 e. The Bertz CT molecular complexity index is 1290. The van der Waals surface area contributed by atoms with Crippen molar-refractivity contribution in [1.82, 2.24) is 10.2 Å². The number of allylic oxidation sites excluding steroid dienone is 2. The van der Waals surface area contributed by atoms with Crippen LogP contribution in [0.3, 0.4) is 0 Å². The second-order valence-electron chi connectivity index (χ2n) is 15.9. The third-order valence-corrected chi connectivity index (χ3v) is 13.8. The molecule has 1 amide bonds. The smallest absolute Gasteiger partial charge is 0.260 e. The summed E-state index contributed by atoms with van der Waals surface area (Å²) in [6.07, 6.45) is 13.0. The molecule has 1 aromatic rings. The molecule has 6 rings (SSSR count). The number of nitrogens with zero attached hydrogens (tertiary/aromatic N) is 2. The Morgan fingerprint density at radius 2 is 1.84 bits per heavy atom. The number of hydrogen-bond acceptors (Lipinski definition) is 6. The lowest BCUT2D eigenvalue weighted by Crippen LogP contribution is -2.52. The zero-order chi connectivity index (χ0) is 32.0. The summed E-state index contributed by atoms with van der Waals surface area (Å²) < 4.78 is 5.42. The number of carbonyl (C=O) groups excluding carboxylic acids is 1. The summed E-state index contributed by atoms with van der Waals surface area (Å²) in [5, 5.41) is 18.4. The van der Waals surface area contributed by atoms with Gasteiger partial charge >= 0.3 is 0 Å². The highest BCUT2D eigenvalue weighted by Gasteiger charge is 2.58. The molecule has 7 heteroatoms. The van der Waals surface area contributed by atoms with E-state index in [0.29, 0.717) is 30.3 Å². The molecule has 2 N–H and O–H groups in total. The van der Waals surface area contributed by atoms with Crippen molar-refractivity contribution in [3.05, 3.63) is 41.5 Å². The van der Waals surface area contributed by atoms with Crippen LogP contribution in [0.4, 0.5) is 0 Å². The van der Waals surface area contributed by atoms with Crippen LogP contribution in [0.25, 0.3) is 0 Å². The number of ether oxygens (including phenoxy) is 1. The third-order valence-electron chi connectivity index (χ3n) is 13.8. The highest BCUT2D eigenvalue weighted by atomic mass is 16.6. The fraction of sp³-hybridized carbons (Fsp3) is 0.737. The Labute approximate surface area is 271 Å². The number of fused-ring (bicyclic) bond motifs is 5. The number of oxime groups is 1. The number of piperidine rings is 1. The number of amides is 1. The van der Waals surface area contributed by atoms with Gasteiger partial charge in [0, 0.05) is 24.5 Å². The van der Waals surface area contributed by atoms with Crippen LogP contribution in [0, 0.1) is 34.5 Å². The van der Waals surface area contributed by atoms with Gasteiger partial charge in [0.15, 0.2) is 6.61 Å². The molecule has 9 atom stereocenters. The van der Waals surface area contributed by atoms with Crippen LogP contribution in [0.2, 0.25) is 0 Å². The van der Waals surface area contributed by atoms with Gasteiger partial charge < -0.3 is 24.9 Å². The monoisotopic (exact) mass is 619 g/mol. The summed E-state index contributed by atoms with van der Waals surface area (Å²) in [6, 6.07) is 8.98. The van der Waals surface area contributed by atoms with Crippen LogP contribution in [0.1, 0.15) is 97.5 Å². The average molecular weight is 620 g/mol. The van der Waals surface area contributed by atoms with Crippen LogP contribution >= 0.6 is 0 Å². The summed E-state index contributed by atoms with van der Waals surface area (Å²) in [4.78, 5) is 21.0. The quantitative estimate of drug-likeness (QED) is 0.325. The summed E-state index contributed by atoms with van der Waals surface area (Å²) in [7, 11) is 3.91. The minimum Gasteiger partial charge on any atom is -0.497 e. The van der Waals surface area contributed by atoms with Crippen molar-refractivity contribution in [3.63, 3.8) is 0 Å². The van der Waals surface area contributed by atoms with Crippen molar-refractivity contribution < 1.29 is 19.5 Å². The Morgan fingerprint density at radius 1 is 1.07 bits per heavy atom. The normalized spacial score (nSPS) is 40.6. The molecule has 1 aromatic carbocycles. The number of likely N-dealkylation sites (tertiary alicyclic amines) is 1. The molecule has 4 fully saturated rings. The van der Waals surface area contributed by atoms with Gasteiger partial charge in [0.1, 0.15) is 5.75 Å². The van der Waals surface area contributed by atoms with Crippen molar-refractivity contribution in [2.75, 3.05) is 33.9 Å². The van der Waals surface area contributed by atoms with Gasteiger partial charge in [-0.2, -0.15) is 0 Å². The molecule has 5 aliphatic rings. The van der Waals surface area contributed by atoms with E-state index in [1.165, 1.54) is 30.4 Å². The van der Waals surface area contributed by atoms with Crippen LogP contribution in [-0.4, -0.2) is 67.6 Å². The standard InChI is InChI=1S/C38H57N3O4/c1-25-23-41(5)26(2)22-38(25,27-7-10-30(44-6)11-8-27)19-20-39-35(43)24-45-40-29-15-17-36(3)28(21-29)9-12-31-32-13-14-34(42)37(32,4)18-16-33(31)36/h7-8,10-11,21,25-26,31-34,42H,9,12-20,22-24H2,1-6H3,(H,39,43)/t25-,26-,31+,32+,33-,34-,36-,37-,38+/m1/s1. The maximum absolute atomic E-state index is 12.9. The first-order chi connectivity index (χ1) is 21.5. The highest BCUT2D eigenvalue weighted by Crippen LogP contribution is 2.65. The number of nitrogens with one attached hydrogen (secondary N) is 1. The Kier molecular flexibility index (Phi) is 9.17. The molecule has 0 spiro atoms. The average Bonchev–Trinajstić information content (AvgIpc) is 3.33. The first kappa shape index (κ1) is 32.6. The number of hydrogen-bond donors (Lipinski definition) is 2. The van der Waals surface area contributed by atoms with E-state index in [1.54, 1.807) is 7.11 Å². The Balaban J connectivity index is 1.04. The number of aliphatic hydroxyl groups is 1. The lowest BCUT2D eigenvalue weighted by molar-refractivity contribution is -0.125.